The molecule has 1 amide bonds. The van der Waals surface area contributed by atoms with Gasteiger partial charge in [0.05, 0.1) is 12.3 Å². The van der Waals surface area contributed by atoms with Crippen LogP contribution in [0.5, 0.6) is 0 Å². The third-order valence-electron chi connectivity index (χ3n) is 2.69. The van der Waals surface area contributed by atoms with Crippen molar-refractivity contribution in [2.24, 2.45) is 5.73 Å². The fourth-order valence-corrected chi connectivity index (χ4v) is 3.06. The highest BCUT2D eigenvalue weighted by Crippen LogP contribution is 2.13. The van der Waals surface area contributed by atoms with Gasteiger partial charge in [-0.05, 0) is 13.8 Å². The third-order valence-corrected chi connectivity index (χ3v) is 4.09. The Morgan fingerprint density at radius 1 is 1.41 bits per heavy atom. The molecule has 17 heavy (non-hydrogen) atoms. The van der Waals surface area contributed by atoms with Crippen molar-refractivity contribution in [2.75, 3.05) is 25.9 Å². The van der Waals surface area contributed by atoms with Gasteiger partial charge in [0.25, 0.3) is 0 Å². The second-order valence-corrected chi connectivity index (χ2v) is 6.23. The summed E-state index contributed by atoms with van der Waals surface area (Å²) < 4.78 is 24.2. The maximum Gasteiger partial charge on any atom is 0.239 e. The van der Waals surface area contributed by atoms with Crippen LogP contribution in [-0.2, 0) is 14.8 Å². The quantitative estimate of drug-likeness (QED) is 0.723. The average Bonchev–Trinajstić information content (AvgIpc) is 2.14. The van der Waals surface area contributed by atoms with E-state index in [1.165, 1.54) is 10.6 Å². The number of carbonyl (C=O) groups is 1. The summed E-state index contributed by atoms with van der Waals surface area (Å²) in [6.45, 7) is 4.60. The maximum absolute atomic E-state index is 11.6. The van der Waals surface area contributed by atoms with Crippen molar-refractivity contribution in [3.8, 4) is 0 Å². The van der Waals surface area contributed by atoms with Crippen molar-refractivity contribution < 1.29 is 13.2 Å². The number of carbonyl (C=O) groups excluding carboxylic acids is 1. The molecule has 6 nitrogen and oxygen atoms in total. The summed E-state index contributed by atoms with van der Waals surface area (Å²) in [6, 6.07) is -0.719. The summed E-state index contributed by atoms with van der Waals surface area (Å²) in [7, 11) is -3.18. The maximum atomic E-state index is 11.6. The zero-order valence-electron chi connectivity index (χ0n) is 10.3. The highest BCUT2D eigenvalue weighted by molar-refractivity contribution is 7.88. The van der Waals surface area contributed by atoms with Gasteiger partial charge in [0, 0.05) is 25.7 Å². The Kier molecular flexibility index (Phi) is 5.86. The average molecular weight is 286 g/mol. The van der Waals surface area contributed by atoms with Crippen LogP contribution in [0, 0.1) is 0 Å². The first-order chi connectivity index (χ1) is 7.23. The van der Waals surface area contributed by atoms with E-state index in [-0.39, 0.29) is 24.4 Å². The van der Waals surface area contributed by atoms with Gasteiger partial charge in [-0.25, -0.2) is 8.42 Å². The van der Waals surface area contributed by atoms with Crippen LogP contribution in [-0.4, -0.2) is 61.5 Å². The summed E-state index contributed by atoms with van der Waals surface area (Å²) in [4.78, 5) is 13.3. The number of amides is 1. The van der Waals surface area contributed by atoms with Gasteiger partial charge in [0.15, 0.2) is 0 Å². The zero-order valence-corrected chi connectivity index (χ0v) is 11.9. The minimum Gasteiger partial charge on any atom is -0.338 e. The molecule has 0 aromatic rings. The van der Waals surface area contributed by atoms with Crippen molar-refractivity contribution in [2.45, 2.75) is 25.9 Å². The standard InChI is InChI=1S/C9H19N3O3S.ClH/c1-7-6-11(9(13)8(2)10)4-5-12(7)16(3,14)15;/h7-8H,4-6,10H2,1-3H3;1H/t7-,8+;/m0./s1. The molecule has 0 aromatic carbocycles. The number of halogens is 1. The molecule has 102 valence electrons. The number of piperazine rings is 1. The lowest BCUT2D eigenvalue weighted by Gasteiger charge is -2.38. The van der Waals surface area contributed by atoms with E-state index in [1.54, 1.807) is 18.7 Å². The Bertz CT molecular complexity index is 372. The van der Waals surface area contributed by atoms with E-state index in [9.17, 15) is 13.2 Å². The van der Waals surface area contributed by atoms with E-state index in [0.29, 0.717) is 19.6 Å². The van der Waals surface area contributed by atoms with Crippen molar-refractivity contribution >= 4 is 28.3 Å². The molecule has 1 aliphatic rings. The van der Waals surface area contributed by atoms with Crippen LogP contribution in [0.1, 0.15) is 13.8 Å². The van der Waals surface area contributed by atoms with Crippen molar-refractivity contribution in [1.82, 2.24) is 9.21 Å². The van der Waals surface area contributed by atoms with Crippen LogP contribution in [0.25, 0.3) is 0 Å². The predicted molar refractivity (Wildman–Crippen MR) is 68.5 cm³/mol. The minimum absolute atomic E-state index is 0. The van der Waals surface area contributed by atoms with Crippen LogP contribution < -0.4 is 5.73 Å². The minimum atomic E-state index is -3.18. The zero-order chi connectivity index (χ0) is 12.5. The Balaban J connectivity index is 0.00000256. The molecular formula is C9H20ClN3O3S. The van der Waals surface area contributed by atoms with Gasteiger partial charge in [-0.1, -0.05) is 0 Å². The number of sulfonamides is 1. The lowest BCUT2D eigenvalue weighted by molar-refractivity contribution is -0.134. The second-order valence-electron chi connectivity index (χ2n) is 4.30. The molecule has 0 spiro atoms. The number of hydrogen-bond acceptors (Lipinski definition) is 4. The normalized spacial score (nSPS) is 24.0. The lowest BCUT2D eigenvalue weighted by atomic mass is 10.2. The van der Waals surface area contributed by atoms with Crippen LogP contribution in [0.2, 0.25) is 0 Å². The predicted octanol–water partition coefficient (Wildman–Crippen LogP) is -0.752. The lowest BCUT2D eigenvalue weighted by Crippen LogP contribution is -2.57. The molecule has 1 heterocycles. The fraction of sp³-hybridized carbons (Fsp3) is 0.889. The second kappa shape index (κ2) is 5.99. The van der Waals surface area contributed by atoms with Crippen molar-refractivity contribution in [3.63, 3.8) is 0 Å². The Morgan fingerprint density at radius 2 is 1.94 bits per heavy atom. The Labute approximate surface area is 109 Å². The van der Waals surface area contributed by atoms with Gasteiger partial charge in [-0.15, -0.1) is 12.4 Å². The molecule has 1 saturated heterocycles. The van der Waals surface area contributed by atoms with E-state index < -0.39 is 16.1 Å². The molecule has 0 saturated carbocycles. The Morgan fingerprint density at radius 3 is 2.29 bits per heavy atom. The van der Waals surface area contributed by atoms with Gasteiger partial charge in [-0.3, -0.25) is 4.79 Å². The van der Waals surface area contributed by atoms with Crippen LogP contribution in [0.15, 0.2) is 0 Å². The number of nitrogens with zero attached hydrogens (tertiary/aromatic N) is 2. The van der Waals surface area contributed by atoms with Gasteiger partial charge >= 0.3 is 0 Å². The van der Waals surface area contributed by atoms with Crippen LogP contribution >= 0.6 is 12.4 Å². The van der Waals surface area contributed by atoms with E-state index in [2.05, 4.69) is 0 Å². The van der Waals surface area contributed by atoms with Gasteiger partial charge < -0.3 is 10.6 Å². The molecule has 0 bridgehead atoms. The summed E-state index contributed by atoms with van der Waals surface area (Å²) in [5.74, 6) is -0.125. The SMILES string of the molecule is C[C@@H](N)C(=O)N1CCN(S(C)(=O)=O)[C@@H](C)C1.Cl. The molecule has 2 N–H and O–H groups in total. The fourth-order valence-electron chi connectivity index (χ4n) is 1.92. The largest absolute Gasteiger partial charge is 0.338 e. The van der Waals surface area contributed by atoms with Gasteiger partial charge in [0.2, 0.25) is 15.9 Å². The molecule has 1 fully saturated rings. The highest BCUT2D eigenvalue weighted by atomic mass is 35.5. The first-order valence-electron chi connectivity index (χ1n) is 5.24. The first-order valence-corrected chi connectivity index (χ1v) is 7.09. The molecule has 0 aromatic heterocycles. The topological polar surface area (TPSA) is 83.7 Å². The number of hydrogen-bond donors (Lipinski definition) is 1. The molecule has 8 heteroatoms. The third kappa shape index (κ3) is 4.09. The molecule has 0 unspecified atom stereocenters. The summed E-state index contributed by atoms with van der Waals surface area (Å²) >= 11 is 0. The van der Waals surface area contributed by atoms with Crippen LogP contribution in [0.4, 0.5) is 0 Å². The van der Waals surface area contributed by atoms with E-state index >= 15 is 0 Å². The molecule has 2 atom stereocenters. The Hall–Kier alpha value is -0.370. The van der Waals surface area contributed by atoms with Gasteiger partial charge in [-0.2, -0.15) is 4.31 Å². The molecular weight excluding hydrogens is 266 g/mol. The summed E-state index contributed by atoms with van der Waals surface area (Å²) in [5.41, 5.74) is 5.51. The molecule has 1 aliphatic heterocycles. The van der Waals surface area contributed by atoms with E-state index in [1.807, 2.05) is 0 Å². The molecule has 0 aliphatic carbocycles. The first kappa shape index (κ1) is 16.6. The smallest absolute Gasteiger partial charge is 0.239 e. The van der Waals surface area contributed by atoms with Crippen LogP contribution in [0.3, 0.4) is 0 Å². The van der Waals surface area contributed by atoms with Crippen molar-refractivity contribution in [3.05, 3.63) is 0 Å². The highest BCUT2D eigenvalue weighted by Gasteiger charge is 2.32. The van der Waals surface area contributed by atoms with E-state index in [4.69, 9.17) is 5.73 Å². The molecule has 0 radical (unpaired) electrons. The summed E-state index contributed by atoms with van der Waals surface area (Å²) in [5, 5.41) is 0. The van der Waals surface area contributed by atoms with E-state index in [0.717, 1.165) is 0 Å². The number of rotatable bonds is 2. The number of nitrogens with two attached hydrogens (primary N) is 1. The monoisotopic (exact) mass is 285 g/mol. The summed E-state index contributed by atoms with van der Waals surface area (Å²) in [6.07, 6.45) is 1.19. The van der Waals surface area contributed by atoms with Crippen molar-refractivity contribution in [1.29, 1.82) is 0 Å². The van der Waals surface area contributed by atoms with Gasteiger partial charge in [0.1, 0.15) is 0 Å². The molecule has 1 rings (SSSR count).